The molecule has 2 heterocycles. The van der Waals surface area contributed by atoms with Crippen molar-refractivity contribution in [2.75, 3.05) is 19.6 Å². The predicted octanol–water partition coefficient (Wildman–Crippen LogP) is 2.22. The van der Waals surface area contributed by atoms with Crippen molar-refractivity contribution in [3.05, 3.63) is 22.4 Å². The average Bonchev–Trinajstić information content (AvgIpc) is 2.80. The lowest BCUT2D eigenvalue weighted by Crippen LogP contribution is -2.43. The van der Waals surface area contributed by atoms with E-state index >= 15 is 0 Å². The highest BCUT2D eigenvalue weighted by Crippen LogP contribution is 2.26. The van der Waals surface area contributed by atoms with Crippen LogP contribution in [0.25, 0.3) is 0 Å². The average molecular weight is 289 g/mol. The van der Waals surface area contributed by atoms with Crippen molar-refractivity contribution in [1.29, 1.82) is 0 Å². The molecule has 1 aliphatic heterocycles. The molecular weight excluding hydrogens is 268 g/mol. The molecule has 1 aliphatic rings. The summed E-state index contributed by atoms with van der Waals surface area (Å²) in [6.45, 7) is 5.20. The Morgan fingerprint density at radius 1 is 1.50 bits per heavy atom. The summed E-state index contributed by atoms with van der Waals surface area (Å²) < 4.78 is 0. The van der Waals surface area contributed by atoms with Gasteiger partial charge in [-0.05, 0) is 42.8 Å². The number of nitrogens with one attached hydrogen (secondary N) is 2. The predicted molar refractivity (Wildman–Crippen MR) is 78.5 cm³/mol. The maximum Gasteiger partial charge on any atom is 0.225 e. The van der Waals surface area contributed by atoms with Crippen molar-refractivity contribution in [2.45, 2.75) is 26.2 Å². The van der Waals surface area contributed by atoms with Crippen LogP contribution < -0.4 is 10.6 Å². The molecule has 0 aliphatic carbocycles. The van der Waals surface area contributed by atoms with E-state index in [9.17, 15) is 4.79 Å². The molecule has 0 saturated carbocycles. The molecule has 2 N–H and O–H groups in total. The minimum absolute atomic E-state index is 0. The zero-order chi connectivity index (χ0) is 12.1. The standard InChI is InChI=1S/C13H20N2OS.ClH/c1-13(4-6-14-7-5-13)10-15-12(16)9-11-3-2-8-17-11;/h2-3,8,14H,4-7,9-10H2,1H3,(H,15,16);1H. The van der Waals surface area contributed by atoms with Gasteiger partial charge in [-0.15, -0.1) is 23.7 Å². The van der Waals surface area contributed by atoms with E-state index in [2.05, 4.69) is 17.6 Å². The zero-order valence-electron chi connectivity index (χ0n) is 10.7. The number of hydrogen-bond acceptors (Lipinski definition) is 3. The Kier molecular flexibility index (Phi) is 6.12. The molecular formula is C13H21ClN2OS. The third kappa shape index (κ3) is 4.59. The Morgan fingerprint density at radius 2 is 2.22 bits per heavy atom. The molecule has 0 spiro atoms. The van der Waals surface area contributed by atoms with Crippen molar-refractivity contribution in [2.24, 2.45) is 5.41 Å². The molecule has 0 aromatic carbocycles. The van der Waals surface area contributed by atoms with Gasteiger partial charge in [-0.2, -0.15) is 0 Å². The summed E-state index contributed by atoms with van der Waals surface area (Å²) in [5, 5.41) is 8.43. The van der Waals surface area contributed by atoms with E-state index in [1.165, 1.54) is 0 Å². The van der Waals surface area contributed by atoms with E-state index in [-0.39, 0.29) is 23.7 Å². The van der Waals surface area contributed by atoms with E-state index < -0.39 is 0 Å². The molecule has 0 radical (unpaired) electrons. The Labute approximate surface area is 119 Å². The maximum atomic E-state index is 11.8. The Balaban J connectivity index is 0.00000162. The number of carbonyl (C=O) groups is 1. The van der Waals surface area contributed by atoms with E-state index in [1.54, 1.807) is 11.3 Å². The van der Waals surface area contributed by atoms with Crippen LogP contribution in [0.4, 0.5) is 0 Å². The summed E-state index contributed by atoms with van der Waals surface area (Å²) >= 11 is 1.64. The summed E-state index contributed by atoms with van der Waals surface area (Å²) in [7, 11) is 0. The van der Waals surface area contributed by atoms with Gasteiger partial charge in [0.05, 0.1) is 6.42 Å². The largest absolute Gasteiger partial charge is 0.355 e. The third-order valence-corrected chi connectivity index (χ3v) is 4.31. The smallest absolute Gasteiger partial charge is 0.225 e. The first-order chi connectivity index (χ1) is 8.18. The van der Waals surface area contributed by atoms with Gasteiger partial charge in [0.25, 0.3) is 0 Å². The molecule has 0 unspecified atom stereocenters. The van der Waals surface area contributed by atoms with Crippen molar-refractivity contribution in [1.82, 2.24) is 10.6 Å². The first-order valence-corrected chi connectivity index (χ1v) is 7.06. The highest BCUT2D eigenvalue weighted by atomic mass is 35.5. The van der Waals surface area contributed by atoms with E-state index in [4.69, 9.17) is 0 Å². The van der Waals surface area contributed by atoms with Crippen molar-refractivity contribution in [3.8, 4) is 0 Å². The van der Waals surface area contributed by atoms with Gasteiger partial charge >= 0.3 is 0 Å². The van der Waals surface area contributed by atoms with Gasteiger partial charge in [-0.3, -0.25) is 4.79 Å². The molecule has 1 amide bonds. The quantitative estimate of drug-likeness (QED) is 0.892. The van der Waals surface area contributed by atoms with Crippen molar-refractivity contribution >= 4 is 29.7 Å². The van der Waals surface area contributed by atoms with Crippen LogP contribution in [-0.2, 0) is 11.2 Å². The summed E-state index contributed by atoms with van der Waals surface area (Å²) in [6.07, 6.45) is 2.81. The van der Waals surface area contributed by atoms with Gasteiger partial charge < -0.3 is 10.6 Å². The van der Waals surface area contributed by atoms with Gasteiger partial charge in [0.2, 0.25) is 5.91 Å². The topological polar surface area (TPSA) is 41.1 Å². The van der Waals surface area contributed by atoms with Crippen LogP contribution in [0.15, 0.2) is 17.5 Å². The number of hydrogen-bond donors (Lipinski definition) is 2. The van der Waals surface area contributed by atoms with Crippen LogP contribution in [0.1, 0.15) is 24.6 Å². The Morgan fingerprint density at radius 3 is 2.83 bits per heavy atom. The molecule has 5 heteroatoms. The molecule has 3 nitrogen and oxygen atoms in total. The number of halogens is 1. The van der Waals surface area contributed by atoms with Gasteiger partial charge in [0, 0.05) is 11.4 Å². The minimum atomic E-state index is 0. The van der Waals surface area contributed by atoms with Gasteiger partial charge in [-0.25, -0.2) is 0 Å². The van der Waals surface area contributed by atoms with E-state index in [0.29, 0.717) is 6.42 Å². The lowest BCUT2D eigenvalue weighted by Gasteiger charge is -2.34. The third-order valence-electron chi connectivity index (χ3n) is 3.44. The highest BCUT2D eigenvalue weighted by Gasteiger charge is 2.26. The fourth-order valence-electron chi connectivity index (χ4n) is 2.15. The second-order valence-corrected chi connectivity index (χ2v) is 6.13. The van der Waals surface area contributed by atoms with Crippen LogP contribution in [0.3, 0.4) is 0 Å². The van der Waals surface area contributed by atoms with E-state index in [1.807, 2.05) is 17.5 Å². The van der Waals surface area contributed by atoms with Crippen molar-refractivity contribution < 1.29 is 4.79 Å². The minimum Gasteiger partial charge on any atom is -0.355 e. The Bertz CT molecular complexity index is 361. The fraction of sp³-hybridized carbons (Fsp3) is 0.615. The van der Waals surface area contributed by atoms with Crippen LogP contribution in [0.5, 0.6) is 0 Å². The van der Waals surface area contributed by atoms with Crippen LogP contribution in [0.2, 0.25) is 0 Å². The second kappa shape index (κ2) is 7.12. The normalized spacial score (nSPS) is 17.8. The molecule has 102 valence electrons. The van der Waals surface area contributed by atoms with E-state index in [0.717, 1.165) is 37.4 Å². The molecule has 18 heavy (non-hydrogen) atoms. The fourth-order valence-corrected chi connectivity index (χ4v) is 2.86. The first kappa shape index (κ1) is 15.5. The molecule has 2 rings (SSSR count). The first-order valence-electron chi connectivity index (χ1n) is 6.18. The SMILES string of the molecule is CC1(CNC(=O)Cc2cccs2)CCNCC1.Cl. The number of rotatable bonds is 4. The maximum absolute atomic E-state index is 11.8. The lowest BCUT2D eigenvalue weighted by atomic mass is 9.81. The van der Waals surface area contributed by atoms with Gasteiger partial charge in [0.1, 0.15) is 0 Å². The molecule has 1 aromatic heterocycles. The zero-order valence-corrected chi connectivity index (χ0v) is 12.3. The number of carbonyl (C=O) groups excluding carboxylic acids is 1. The lowest BCUT2D eigenvalue weighted by molar-refractivity contribution is -0.120. The Hall–Kier alpha value is -0.580. The number of amides is 1. The number of thiophene rings is 1. The summed E-state index contributed by atoms with van der Waals surface area (Å²) in [5.41, 5.74) is 0.274. The van der Waals surface area contributed by atoms with Crippen molar-refractivity contribution in [3.63, 3.8) is 0 Å². The second-order valence-electron chi connectivity index (χ2n) is 5.09. The summed E-state index contributed by atoms with van der Waals surface area (Å²) in [5.74, 6) is 0.146. The van der Waals surface area contributed by atoms with Crippen LogP contribution >= 0.6 is 23.7 Å². The summed E-state index contributed by atoms with van der Waals surface area (Å²) in [6, 6.07) is 4.00. The molecule has 1 aromatic rings. The highest BCUT2D eigenvalue weighted by molar-refractivity contribution is 7.10. The number of piperidine rings is 1. The monoisotopic (exact) mass is 288 g/mol. The van der Waals surface area contributed by atoms with Crippen LogP contribution in [-0.4, -0.2) is 25.5 Å². The summed E-state index contributed by atoms with van der Waals surface area (Å²) in [4.78, 5) is 12.9. The molecule has 0 atom stereocenters. The van der Waals surface area contributed by atoms with Crippen LogP contribution in [0, 0.1) is 5.41 Å². The molecule has 1 saturated heterocycles. The molecule has 0 bridgehead atoms. The molecule has 1 fully saturated rings. The van der Waals surface area contributed by atoms with Gasteiger partial charge in [0.15, 0.2) is 0 Å². The van der Waals surface area contributed by atoms with Gasteiger partial charge in [-0.1, -0.05) is 13.0 Å².